The van der Waals surface area contributed by atoms with E-state index in [0.717, 1.165) is 18.7 Å². The Balaban J connectivity index is 2.00. The van der Waals surface area contributed by atoms with Crippen molar-refractivity contribution in [3.05, 3.63) is 18.4 Å². The minimum absolute atomic E-state index is 0.0144. The molecule has 5 heteroatoms. The van der Waals surface area contributed by atoms with Gasteiger partial charge in [0.1, 0.15) is 6.26 Å². The molecular formula is C8H9BrN2O2. The van der Waals surface area contributed by atoms with Crippen molar-refractivity contribution in [2.24, 2.45) is 0 Å². The van der Waals surface area contributed by atoms with Gasteiger partial charge in [-0.2, -0.15) is 0 Å². The lowest BCUT2D eigenvalue weighted by Crippen LogP contribution is -2.27. The molecule has 1 aliphatic rings. The highest BCUT2D eigenvalue weighted by atomic mass is 79.9. The first-order chi connectivity index (χ1) is 6.27. The van der Waals surface area contributed by atoms with Gasteiger partial charge in [-0.25, -0.2) is 4.98 Å². The van der Waals surface area contributed by atoms with E-state index in [4.69, 9.17) is 4.42 Å². The van der Waals surface area contributed by atoms with Gasteiger partial charge in [-0.15, -0.1) is 0 Å². The maximum absolute atomic E-state index is 11.5. The number of hydrogen-bond donors (Lipinski definition) is 0. The molecule has 1 atom stereocenters. The molecule has 0 spiro atoms. The maximum Gasteiger partial charge on any atom is 0.236 e. The van der Waals surface area contributed by atoms with Gasteiger partial charge >= 0.3 is 0 Å². The van der Waals surface area contributed by atoms with Crippen LogP contribution in [0.5, 0.6) is 0 Å². The Hall–Kier alpha value is -0.840. The molecule has 4 nitrogen and oxygen atoms in total. The van der Waals surface area contributed by atoms with Crippen molar-refractivity contribution >= 4 is 21.8 Å². The maximum atomic E-state index is 11.5. The highest BCUT2D eigenvalue weighted by Gasteiger charge is 2.29. The van der Waals surface area contributed by atoms with Gasteiger partial charge in [0.05, 0.1) is 17.1 Å². The molecule has 1 aromatic heterocycles. The fourth-order valence-electron chi connectivity index (χ4n) is 1.37. The van der Waals surface area contributed by atoms with E-state index in [0.29, 0.717) is 6.54 Å². The van der Waals surface area contributed by atoms with E-state index in [1.807, 2.05) is 0 Å². The first kappa shape index (κ1) is 8.74. The van der Waals surface area contributed by atoms with Crippen LogP contribution in [0.3, 0.4) is 0 Å². The molecule has 1 unspecified atom stereocenters. The van der Waals surface area contributed by atoms with Gasteiger partial charge in [0.25, 0.3) is 0 Å². The van der Waals surface area contributed by atoms with Crippen molar-refractivity contribution in [3.63, 3.8) is 0 Å². The quantitative estimate of drug-likeness (QED) is 0.735. The summed E-state index contributed by atoms with van der Waals surface area (Å²) in [5.74, 6) is 0.142. The molecule has 1 fully saturated rings. The van der Waals surface area contributed by atoms with E-state index in [9.17, 15) is 4.79 Å². The van der Waals surface area contributed by atoms with Crippen LogP contribution in [-0.4, -0.2) is 27.2 Å². The van der Waals surface area contributed by atoms with Crippen LogP contribution in [0.25, 0.3) is 0 Å². The Morgan fingerprint density at radius 3 is 3.15 bits per heavy atom. The fraction of sp³-hybridized carbons (Fsp3) is 0.500. The summed E-state index contributed by atoms with van der Waals surface area (Å²) < 4.78 is 4.83. The summed E-state index contributed by atoms with van der Waals surface area (Å²) in [6, 6.07) is 0. The van der Waals surface area contributed by atoms with Gasteiger partial charge in [0.15, 0.2) is 6.39 Å². The highest BCUT2D eigenvalue weighted by molar-refractivity contribution is 9.10. The van der Waals surface area contributed by atoms with Crippen LogP contribution >= 0.6 is 15.9 Å². The van der Waals surface area contributed by atoms with E-state index >= 15 is 0 Å². The van der Waals surface area contributed by atoms with E-state index in [1.165, 1.54) is 6.39 Å². The van der Waals surface area contributed by atoms with Gasteiger partial charge in [0, 0.05) is 6.54 Å². The number of likely N-dealkylation sites (tertiary alicyclic amines) is 1. The zero-order valence-electron chi connectivity index (χ0n) is 6.94. The minimum Gasteiger partial charge on any atom is -0.451 e. The monoisotopic (exact) mass is 244 g/mol. The first-order valence-corrected chi connectivity index (χ1v) is 4.99. The summed E-state index contributed by atoms with van der Waals surface area (Å²) in [6.45, 7) is 1.35. The zero-order chi connectivity index (χ0) is 9.26. The second kappa shape index (κ2) is 3.49. The number of hydrogen-bond acceptors (Lipinski definition) is 3. The largest absolute Gasteiger partial charge is 0.451 e. The predicted octanol–water partition coefficient (Wildman–Crippen LogP) is 1.17. The summed E-state index contributed by atoms with van der Waals surface area (Å²) in [5, 5.41) is 0. The zero-order valence-corrected chi connectivity index (χ0v) is 8.53. The molecule has 0 aliphatic carbocycles. The Bertz CT molecular complexity index is 299. The Labute approximate surface area is 84.1 Å². The fourth-order valence-corrected chi connectivity index (χ4v) is 1.86. The molecule has 13 heavy (non-hydrogen) atoms. The SMILES string of the molecule is O=C1C(Br)CCN1Cc1cocn1. The number of carbonyl (C=O) groups excluding carboxylic acids is 1. The average molecular weight is 245 g/mol. The smallest absolute Gasteiger partial charge is 0.236 e. The molecule has 1 saturated heterocycles. The van der Waals surface area contributed by atoms with Crippen molar-refractivity contribution in [2.45, 2.75) is 17.8 Å². The van der Waals surface area contributed by atoms with E-state index in [2.05, 4.69) is 20.9 Å². The molecule has 2 rings (SSSR count). The van der Waals surface area contributed by atoms with Gasteiger partial charge in [-0.05, 0) is 6.42 Å². The third-order valence-corrected chi connectivity index (χ3v) is 2.92. The number of halogens is 1. The van der Waals surface area contributed by atoms with Crippen molar-refractivity contribution in [1.29, 1.82) is 0 Å². The summed E-state index contributed by atoms with van der Waals surface area (Å²) in [6.07, 6.45) is 3.81. The Morgan fingerprint density at radius 1 is 1.77 bits per heavy atom. The molecule has 0 radical (unpaired) electrons. The van der Waals surface area contributed by atoms with Crippen LogP contribution in [0.1, 0.15) is 12.1 Å². The Kier molecular flexibility index (Phi) is 2.35. The van der Waals surface area contributed by atoms with Gasteiger partial charge in [-0.1, -0.05) is 15.9 Å². The number of aromatic nitrogens is 1. The second-order valence-electron chi connectivity index (χ2n) is 3.00. The molecule has 1 aliphatic heterocycles. The average Bonchev–Trinajstić information content (AvgIpc) is 2.71. The van der Waals surface area contributed by atoms with Crippen LogP contribution in [0.15, 0.2) is 17.1 Å². The molecule has 70 valence electrons. The van der Waals surface area contributed by atoms with E-state index in [-0.39, 0.29) is 10.7 Å². The standard InChI is InChI=1S/C8H9BrN2O2/c9-7-1-2-11(8(7)12)3-6-4-13-5-10-6/h4-5,7H,1-3H2. The molecule has 0 saturated carbocycles. The van der Waals surface area contributed by atoms with Crippen LogP contribution in [-0.2, 0) is 11.3 Å². The van der Waals surface area contributed by atoms with Crippen molar-refractivity contribution in [1.82, 2.24) is 9.88 Å². The van der Waals surface area contributed by atoms with Crippen LogP contribution in [0.2, 0.25) is 0 Å². The van der Waals surface area contributed by atoms with Gasteiger partial charge < -0.3 is 9.32 Å². The molecule has 0 N–H and O–H groups in total. The first-order valence-electron chi connectivity index (χ1n) is 4.07. The lowest BCUT2D eigenvalue weighted by atomic mass is 10.4. The molecule has 2 heterocycles. The summed E-state index contributed by atoms with van der Waals surface area (Å²) >= 11 is 3.31. The number of oxazole rings is 1. The van der Waals surface area contributed by atoms with Crippen LogP contribution in [0.4, 0.5) is 0 Å². The van der Waals surface area contributed by atoms with Crippen molar-refractivity contribution in [3.8, 4) is 0 Å². The highest BCUT2D eigenvalue weighted by Crippen LogP contribution is 2.19. The third-order valence-electron chi connectivity index (χ3n) is 2.07. The number of nitrogens with zero attached hydrogens (tertiary/aromatic N) is 2. The molecule has 0 aromatic carbocycles. The summed E-state index contributed by atoms with van der Waals surface area (Å²) in [5.41, 5.74) is 0.801. The van der Waals surface area contributed by atoms with Crippen LogP contribution < -0.4 is 0 Å². The third kappa shape index (κ3) is 1.75. The summed E-state index contributed by atoms with van der Waals surface area (Å²) in [7, 11) is 0. The lowest BCUT2D eigenvalue weighted by molar-refractivity contribution is -0.127. The topological polar surface area (TPSA) is 46.3 Å². The number of amides is 1. The number of carbonyl (C=O) groups is 1. The Morgan fingerprint density at radius 2 is 2.62 bits per heavy atom. The van der Waals surface area contributed by atoms with Gasteiger partial charge in [-0.3, -0.25) is 4.79 Å². The normalized spacial score (nSPS) is 22.7. The second-order valence-corrected chi connectivity index (χ2v) is 4.10. The van der Waals surface area contributed by atoms with Crippen molar-refractivity contribution in [2.75, 3.05) is 6.54 Å². The van der Waals surface area contributed by atoms with E-state index in [1.54, 1.807) is 11.2 Å². The molecular weight excluding hydrogens is 236 g/mol. The van der Waals surface area contributed by atoms with Gasteiger partial charge in [0.2, 0.25) is 5.91 Å². The lowest BCUT2D eigenvalue weighted by Gasteiger charge is -2.13. The molecule has 1 aromatic rings. The van der Waals surface area contributed by atoms with Crippen LogP contribution in [0, 0.1) is 0 Å². The number of rotatable bonds is 2. The van der Waals surface area contributed by atoms with E-state index < -0.39 is 0 Å². The van der Waals surface area contributed by atoms with Crippen molar-refractivity contribution < 1.29 is 9.21 Å². The predicted molar refractivity (Wildman–Crippen MR) is 49.3 cm³/mol. The summed E-state index contributed by atoms with van der Waals surface area (Å²) in [4.78, 5) is 17.2. The molecule has 1 amide bonds. The molecule has 0 bridgehead atoms. The minimum atomic E-state index is -0.0144. The number of alkyl halides is 1.